The molecular formula is C22H24ClN5O2S. The minimum Gasteiger partial charge on any atom is -0.356 e. The van der Waals surface area contributed by atoms with Gasteiger partial charge in [0.2, 0.25) is 0 Å². The van der Waals surface area contributed by atoms with E-state index in [1.165, 1.54) is 25.0 Å². The SMILES string of the molecule is Cc1nc(Nc2ccc(NS(=O)(=O)c3ccc(C)c(Cl)c3)cc2)cc(N2CCCC2)n1. The van der Waals surface area contributed by atoms with Gasteiger partial charge in [0, 0.05) is 35.6 Å². The van der Waals surface area contributed by atoms with E-state index in [-0.39, 0.29) is 4.90 Å². The highest BCUT2D eigenvalue weighted by molar-refractivity contribution is 7.92. The van der Waals surface area contributed by atoms with E-state index in [4.69, 9.17) is 11.6 Å². The van der Waals surface area contributed by atoms with E-state index < -0.39 is 10.0 Å². The fourth-order valence-electron chi connectivity index (χ4n) is 3.45. The van der Waals surface area contributed by atoms with Crippen LogP contribution in [0.4, 0.5) is 23.0 Å². The Labute approximate surface area is 187 Å². The van der Waals surface area contributed by atoms with Gasteiger partial charge in [-0.3, -0.25) is 4.72 Å². The summed E-state index contributed by atoms with van der Waals surface area (Å²) in [6, 6.07) is 13.6. The van der Waals surface area contributed by atoms with Crippen molar-refractivity contribution < 1.29 is 8.42 Å². The van der Waals surface area contributed by atoms with Gasteiger partial charge in [-0.05, 0) is 68.7 Å². The van der Waals surface area contributed by atoms with Crippen LogP contribution in [0.5, 0.6) is 0 Å². The molecule has 2 aromatic carbocycles. The summed E-state index contributed by atoms with van der Waals surface area (Å²) in [6.45, 7) is 5.72. The van der Waals surface area contributed by atoms with Crippen LogP contribution < -0.4 is 14.9 Å². The smallest absolute Gasteiger partial charge is 0.261 e. The molecule has 1 aliphatic rings. The molecule has 4 rings (SSSR count). The molecule has 0 saturated carbocycles. The van der Waals surface area contributed by atoms with Crippen molar-refractivity contribution in [1.82, 2.24) is 9.97 Å². The number of hydrogen-bond donors (Lipinski definition) is 2. The summed E-state index contributed by atoms with van der Waals surface area (Å²) in [7, 11) is -3.73. The molecule has 31 heavy (non-hydrogen) atoms. The van der Waals surface area contributed by atoms with E-state index in [2.05, 4.69) is 24.9 Å². The van der Waals surface area contributed by atoms with Gasteiger partial charge in [0.1, 0.15) is 17.5 Å². The molecule has 7 nitrogen and oxygen atoms in total. The van der Waals surface area contributed by atoms with Crippen LogP contribution in [0.3, 0.4) is 0 Å². The van der Waals surface area contributed by atoms with Gasteiger partial charge in [-0.25, -0.2) is 18.4 Å². The minimum atomic E-state index is -3.73. The van der Waals surface area contributed by atoms with Crippen LogP contribution in [-0.4, -0.2) is 31.5 Å². The Morgan fingerprint density at radius 3 is 2.29 bits per heavy atom. The van der Waals surface area contributed by atoms with Crippen molar-refractivity contribution >= 4 is 44.6 Å². The molecule has 0 amide bonds. The number of aromatic nitrogens is 2. The van der Waals surface area contributed by atoms with Crippen molar-refractivity contribution in [3.63, 3.8) is 0 Å². The van der Waals surface area contributed by atoms with Gasteiger partial charge in [0.15, 0.2) is 0 Å². The average molecular weight is 458 g/mol. The van der Waals surface area contributed by atoms with Gasteiger partial charge < -0.3 is 10.2 Å². The summed E-state index contributed by atoms with van der Waals surface area (Å²) < 4.78 is 27.9. The van der Waals surface area contributed by atoms with Crippen LogP contribution in [0.2, 0.25) is 5.02 Å². The molecule has 3 aromatic rings. The lowest BCUT2D eigenvalue weighted by Crippen LogP contribution is -2.19. The lowest BCUT2D eigenvalue weighted by molar-refractivity contribution is 0.601. The molecule has 1 fully saturated rings. The van der Waals surface area contributed by atoms with E-state index in [0.717, 1.165) is 30.2 Å². The standard InChI is InChI=1S/C22H24ClN5O2S/c1-15-5-10-19(13-20(15)23)31(29,30)27-18-8-6-17(7-9-18)26-21-14-22(25-16(2)24-21)28-11-3-4-12-28/h5-10,13-14,27H,3-4,11-12H2,1-2H3,(H,24,25,26). The molecule has 0 unspecified atom stereocenters. The van der Waals surface area contributed by atoms with Crippen molar-refractivity contribution in [1.29, 1.82) is 0 Å². The molecular weight excluding hydrogens is 434 g/mol. The van der Waals surface area contributed by atoms with E-state index >= 15 is 0 Å². The third-order valence-corrected chi connectivity index (χ3v) is 6.90. The number of nitrogens with one attached hydrogen (secondary N) is 2. The van der Waals surface area contributed by atoms with E-state index in [1.807, 2.05) is 19.9 Å². The first-order chi connectivity index (χ1) is 14.8. The van der Waals surface area contributed by atoms with Crippen molar-refractivity contribution in [3.05, 3.63) is 64.9 Å². The van der Waals surface area contributed by atoms with Gasteiger partial charge in [-0.15, -0.1) is 0 Å². The first-order valence-electron chi connectivity index (χ1n) is 10.1. The normalized spacial score (nSPS) is 14.0. The largest absolute Gasteiger partial charge is 0.356 e. The Balaban J connectivity index is 1.48. The molecule has 1 aromatic heterocycles. The summed E-state index contributed by atoms with van der Waals surface area (Å²) in [5, 5.41) is 3.68. The highest BCUT2D eigenvalue weighted by Crippen LogP contribution is 2.25. The van der Waals surface area contributed by atoms with Crippen molar-refractivity contribution in [2.45, 2.75) is 31.6 Å². The highest BCUT2D eigenvalue weighted by atomic mass is 35.5. The molecule has 0 radical (unpaired) electrons. The zero-order valence-corrected chi connectivity index (χ0v) is 19.0. The molecule has 0 bridgehead atoms. The first-order valence-corrected chi connectivity index (χ1v) is 11.9. The third kappa shape index (κ3) is 5.08. The second-order valence-corrected chi connectivity index (χ2v) is 9.66. The van der Waals surface area contributed by atoms with E-state index in [1.54, 1.807) is 30.3 Å². The predicted octanol–water partition coefficient (Wildman–Crippen LogP) is 4.89. The number of hydrogen-bond acceptors (Lipinski definition) is 6. The fourth-order valence-corrected chi connectivity index (χ4v) is 4.78. The topological polar surface area (TPSA) is 87.2 Å². The van der Waals surface area contributed by atoms with E-state index in [9.17, 15) is 8.42 Å². The molecule has 9 heteroatoms. The van der Waals surface area contributed by atoms with Gasteiger partial charge >= 0.3 is 0 Å². The lowest BCUT2D eigenvalue weighted by atomic mass is 10.2. The van der Waals surface area contributed by atoms with Crippen LogP contribution in [0.15, 0.2) is 53.4 Å². The molecule has 162 valence electrons. The van der Waals surface area contributed by atoms with Gasteiger partial charge in [0.05, 0.1) is 4.90 Å². The number of nitrogens with zero attached hydrogens (tertiary/aromatic N) is 3. The van der Waals surface area contributed by atoms with Crippen LogP contribution in [0, 0.1) is 13.8 Å². The average Bonchev–Trinajstić information content (AvgIpc) is 3.26. The Kier molecular flexibility index (Phi) is 6.02. The summed E-state index contributed by atoms with van der Waals surface area (Å²) in [6.07, 6.45) is 2.36. The predicted molar refractivity (Wildman–Crippen MR) is 125 cm³/mol. The van der Waals surface area contributed by atoms with Crippen LogP contribution in [0.25, 0.3) is 0 Å². The van der Waals surface area contributed by atoms with Gasteiger partial charge in [-0.1, -0.05) is 17.7 Å². The molecule has 1 aliphatic heterocycles. The Hall–Kier alpha value is -2.84. The number of sulfonamides is 1. The van der Waals surface area contributed by atoms with Crippen molar-refractivity contribution in [2.24, 2.45) is 0 Å². The number of anilines is 4. The fraction of sp³-hybridized carbons (Fsp3) is 0.273. The van der Waals surface area contributed by atoms with Gasteiger partial charge in [0.25, 0.3) is 10.0 Å². The second-order valence-electron chi connectivity index (χ2n) is 7.57. The Morgan fingerprint density at radius 2 is 1.61 bits per heavy atom. The zero-order chi connectivity index (χ0) is 22.0. The molecule has 2 N–H and O–H groups in total. The summed E-state index contributed by atoms with van der Waals surface area (Å²) in [4.78, 5) is 11.4. The number of rotatable bonds is 6. The van der Waals surface area contributed by atoms with Crippen LogP contribution >= 0.6 is 11.6 Å². The number of aryl methyl sites for hydroxylation is 2. The first kappa shape index (κ1) is 21.4. The quantitative estimate of drug-likeness (QED) is 0.547. The summed E-state index contributed by atoms with van der Waals surface area (Å²) >= 11 is 6.07. The Morgan fingerprint density at radius 1 is 0.935 bits per heavy atom. The number of benzene rings is 2. The summed E-state index contributed by atoms with van der Waals surface area (Å²) in [5.41, 5.74) is 2.08. The van der Waals surface area contributed by atoms with Gasteiger partial charge in [-0.2, -0.15) is 0 Å². The molecule has 0 atom stereocenters. The van der Waals surface area contributed by atoms with Crippen LogP contribution in [-0.2, 0) is 10.0 Å². The maximum atomic E-state index is 12.6. The molecule has 0 spiro atoms. The zero-order valence-electron chi connectivity index (χ0n) is 17.4. The third-order valence-electron chi connectivity index (χ3n) is 5.12. The van der Waals surface area contributed by atoms with Crippen LogP contribution in [0.1, 0.15) is 24.2 Å². The maximum Gasteiger partial charge on any atom is 0.261 e. The second kappa shape index (κ2) is 8.72. The minimum absolute atomic E-state index is 0.121. The van der Waals surface area contributed by atoms with Crippen molar-refractivity contribution in [3.8, 4) is 0 Å². The monoisotopic (exact) mass is 457 g/mol. The summed E-state index contributed by atoms with van der Waals surface area (Å²) in [5.74, 6) is 2.33. The molecule has 1 saturated heterocycles. The molecule has 2 heterocycles. The molecule has 0 aliphatic carbocycles. The van der Waals surface area contributed by atoms with Crippen molar-refractivity contribution in [2.75, 3.05) is 28.0 Å². The van der Waals surface area contributed by atoms with E-state index in [0.29, 0.717) is 22.4 Å². The lowest BCUT2D eigenvalue weighted by Gasteiger charge is -2.18. The number of halogens is 1. The Bertz CT molecular complexity index is 1190. The maximum absolute atomic E-state index is 12.6. The highest BCUT2D eigenvalue weighted by Gasteiger charge is 2.16.